The molecule has 0 aliphatic carbocycles. The fourth-order valence-electron chi connectivity index (χ4n) is 2.49. The Bertz CT molecular complexity index is 442. The first kappa shape index (κ1) is 14.5. The van der Waals surface area contributed by atoms with E-state index in [1.54, 1.807) is 0 Å². The smallest absolute Gasteiger partial charge is 0.251 e. The molecule has 1 aliphatic rings. The van der Waals surface area contributed by atoms with Gasteiger partial charge in [-0.3, -0.25) is 4.79 Å². The van der Waals surface area contributed by atoms with Crippen LogP contribution in [0.15, 0.2) is 22.7 Å². The van der Waals surface area contributed by atoms with E-state index in [1.807, 2.05) is 25.1 Å². The molecule has 1 aromatic carbocycles. The van der Waals surface area contributed by atoms with Crippen molar-refractivity contribution < 1.29 is 4.79 Å². The van der Waals surface area contributed by atoms with Crippen molar-refractivity contribution in [3.8, 4) is 0 Å². The monoisotopic (exact) mass is 324 g/mol. The first-order valence-electron chi connectivity index (χ1n) is 6.92. The average Bonchev–Trinajstić information content (AvgIpc) is 2.42. The number of carbonyl (C=O) groups is 1. The minimum Gasteiger partial charge on any atom is -0.352 e. The minimum absolute atomic E-state index is 0.0302. The summed E-state index contributed by atoms with van der Waals surface area (Å²) in [7, 11) is 0. The summed E-state index contributed by atoms with van der Waals surface area (Å²) < 4.78 is 0.944. The Morgan fingerprint density at radius 1 is 1.53 bits per heavy atom. The van der Waals surface area contributed by atoms with Crippen LogP contribution < -0.4 is 10.6 Å². The summed E-state index contributed by atoms with van der Waals surface area (Å²) in [6.45, 7) is 4.95. The average molecular weight is 325 g/mol. The molecular formula is C15H21BrN2O. The quantitative estimate of drug-likeness (QED) is 0.894. The van der Waals surface area contributed by atoms with E-state index in [4.69, 9.17) is 0 Å². The van der Waals surface area contributed by atoms with Crippen molar-refractivity contribution in [2.75, 3.05) is 19.6 Å². The van der Waals surface area contributed by atoms with Gasteiger partial charge >= 0.3 is 0 Å². The van der Waals surface area contributed by atoms with Gasteiger partial charge in [0.2, 0.25) is 0 Å². The van der Waals surface area contributed by atoms with E-state index in [2.05, 4.69) is 26.6 Å². The van der Waals surface area contributed by atoms with Gasteiger partial charge in [-0.2, -0.15) is 0 Å². The van der Waals surface area contributed by atoms with Crippen molar-refractivity contribution in [1.29, 1.82) is 0 Å². The third-order valence-electron chi connectivity index (χ3n) is 3.68. The van der Waals surface area contributed by atoms with Crippen molar-refractivity contribution in [2.24, 2.45) is 5.92 Å². The Hall–Kier alpha value is -0.870. The van der Waals surface area contributed by atoms with Gasteiger partial charge in [-0.15, -0.1) is 0 Å². The molecule has 1 saturated heterocycles. The number of benzene rings is 1. The zero-order valence-corrected chi connectivity index (χ0v) is 12.9. The highest BCUT2D eigenvalue weighted by atomic mass is 79.9. The molecule has 104 valence electrons. The molecule has 1 aromatic rings. The second-order valence-corrected chi connectivity index (χ2v) is 6.13. The first-order chi connectivity index (χ1) is 9.16. The number of nitrogens with one attached hydrogen (secondary N) is 2. The van der Waals surface area contributed by atoms with Crippen molar-refractivity contribution in [2.45, 2.75) is 26.2 Å². The van der Waals surface area contributed by atoms with Gasteiger partial charge in [0.25, 0.3) is 5.91 Å². The number of halogens is 1. The van der Waals surface area contributed by atoms with E-state index >= 15 is 0 Å². The Morgan fingerprint density at radius 3 is 3.11 bits per heavy atom. The summed E-state index contributed by atoms with van der Waals surface area (Å²) in [5.74, 6) is 0.736. The first-order valence-corrected chi connectivity index (χ1v) is 7.71. The summed E-state index contributed by atoms with van der Waals surface area (Å²) in [6.07, 6.45) is 3.59. The Morgan fingerprint density at radius 2 is 2.37 bits per heavy atom. The highest BCUT2D eigenvalue weighted by molar-refractivity contribution is 9.10. The van der Waals surface area contributed by atoms with Crippen LogP contribution in [-0.4, -0.2) is 25.5 Å². The lowest BCUT2D eigenvalue weighted by Gasteiger charge is -2.22. The molecule has 0 aromatic heterocycles. The lowest BCUT2D eigenvalue weighted by molar-refractivity contribution is 0.0950. The molecule has 0 saturated carbocycles. The molecule has 19 heavy (non-hydrogen) atoms. The maximum Gasteiger partial charge on any atom is 0.251 e. The number of amides is 1. The largest absolute Gasteiger partial charge is 0.352 e. The second-order valence-electron chi connectivity index (χ2n) is 5.22. The van der Waals surface area contributed by atoms with Crippen LogP contribution in [0.5, 0.6) is 0 Å². The Labute approximate surface area is 123 Å². The zero-order chi connectivity index (χ0) is 13.7. The van der Waals surface area contributed by atoms with Crippen molar-refractivity contribution in [3.63, 3.8) is 0 Å². The van der Waals surface area contributed by atoms with Crippen LogP contribution in [0, 0.1) is 12.8 Å². The molecule has 0 spiro atoms. The molecule has 0 radical (unpaired) electrons. The Balaban J connectivity index is 1.82. The lowest BCUT2D eigenvalue weighted by Crippen LogP contribution is -2.33. The highest BCUT2D eigenvalue weighted by Gasteiger charge is 2.14. The van der Waals surface area contributed by atoms with E-state index < -0.39 is 0 Å². The van der Waals surface area contributed by atoms with E-state index in [0.717, 1.165) is 41.7 Å². The van der Waals surface area contributed by atoms with Crippen molar-refractivity contribution in [3.05, 3.63) is 33.8 Å². The number of rotatable bonds is 4. The maximum absolute atomic E-state index is 12.1. The lowest BCUT2D eigenvalue weighted by atomic mass is 9.96. The van der Waals surface area contributed by atoms with Crippen LogP contribution in [0.4, 0.5) is 0 Å². The van der Waals surface area contributed by atoms with Crippen LogP contribution in [0.1, 0.15) is 35.2 Å². The minimum atomic E-state index is 0.0302. The van der Waals surface area contributed by atoms with Gasteiger partial charge in [0.15, 0.2) is 0 Å². The molecule has 1 unspecified atom stereocenters. The molecule has 1 fully saturated rings. The van der Waals surface area contributed by atoms with Crippen LogP contribution in [0.3, 0.4) is 0 Å². The molecular weight excluding hydrogens is 304 g/mol. The molecule has 1 heterocycles. The SMILES string of the molecule is Cc1ccc(Br)cc1C(=O)NCCC1CCCNC1. The molecule has 2 N–H and O–H groups in total. The van der Waals surface area contributed by atoms with Crippen molar-refractivity contribution >= 4 is 21.8 Å². The van der Waals surface area contributed by atoms with Crippen molar-refractivity contribution in [1.82, 2.24) is 10.6 Å². The highest BCUT2D eigenvalue weighted by Crippen LogP contribution is 2.16. The predicted molar refractivity (Wildman–Crippen MR) is 81.4 cm³/mol. The fourth-order valence-corrected chi connectivity index (χ4v) is 2.86. The third-order valence-corrected chi connectivity index (χ3v) is 4.17. The van der Waals surface area contributed by atoms with Crippen LogP contribution in [-0.2, 0) is 0 Å². The van der Waals surface area contributed by atoms with E-state index in [-0.39, 0.29) is 5.91 Å². The van der Waals surface area contributed by atoms with Gasteiger partial charge in [0.05, 0.1) is 0 Å². The summed E-state index contributed by atoms with van der Waals surface area (Å²) in [5, 5.41) is 6.43. The molecule has 0 bridgehead atoms. The number of hydrogen-bond acceptors (Lipinski definition) is 2. The number of carbonyl (C=O) groups excluding carboxylic acids is 1. The summed E-state index contributed by atoms with van der Waals surface area (Å²) >= 11 is 3.41. The van der Waals surface area contributed by atoms with E-state index in [0.29, 0.717) is 5.92 Å². The normalized spacial score (nSPS) is 19.2. The van der Waals surface area contributed by atoms with Gasteiger partial charge in [0.1, 0.15) is 0 Å². The maximum atomic E-state index is 12.1. The van der Waals surface area contributed by atoms with Gasteiger partial charge in [-0.25, -0.2) is 0 Å². The summed E-state index contributed by atoms with van der Waals surface area (Å²) in [4.78, 5) is 12.1. The van der Waals surface area contributed by atoms with Crippen LogP contribution in [0.25, 0.3) is 0 Å². The summed E-state index contributed by atoms with van der Waals surface area (Å²) in [6, 6.07) is 5.80. The Kier molecular flexibility index (Phi) is 5.40. The van der Waals surface area contributed by atoms with E-state index in [9.17, 15) is 4.79 Å². The second kappa shape index (κ2) is 7.06. The molecule has 3 nitrogen and oxygen atoms in total. The fraction of sp³-hybridized carbons (Fsp3) is 0.533. The van der Waals surface area contributed by atoms with E-state index in [1.165, 1.54) is 12.8 Å². The van der Waals surface area contributed by atoms with Gasteiger partial charge < -0.3 is 10.6 Å². The number of piperidine rings is 1. The van der Waals surface area contributed by atoms with Crippen LogP contribution >= 0.6 is 15.9 Å². The zero-order valence-electron chi connectivity index (χ0n) is 11.3. The number of aryl methyl sites for hydroxylation is 1. The molecule has 1 aliphatic heterocycles. The number of hydrogen-bond donors (Lipinski definition) is 2. The predicted octanol–water partition coefficient (Wildman–Crippen LogP) is 2.88. The molecule has 2 rings (SSSR count). The molecule has 1 amide bonds. The van der Waals surface area contributed by atoms with Crippen LogP contribution in [0.2, 0.25) is 0 Å². The van der Waals surface area contributed by atoms with Gasteiger partial charge in [-0.1, -0.05) is 22.0 Å². The van der Waals surface area contributed by atoms with Gasteiger partial charge in [0, 0.05) is 16.6 Å². The standard InChI is InChI=1S/C15H21BrN2O/c1-11-4-5-13(16)9-14(11)15(19)18-8-6-12-3-2-7-17-10-12/h4-5,9,12,17H,2-3,6-8,10H2,1H3,(H,18,19). The summed E-state index contributed by atoms with van der Waals surface area (Å²) in [5.41, 5.74) is 1.77. The topological polar surface area (TPSA) is 41.1 Å². The molecule has 1 atom stereocenters. The molecule has 4 heteroatoms. The van der Waals surface area contributed by atoms with Gasteiger partial charge in [-0.05, 0) is 62.9 Å². The third kappa shape index (κ3) is 4.32.